The Bertz CT molecular complexity index is 1330. The molecule has 11 heteroatoms. The fraction of sp³-hybridized carbons (Fsp3) is 0.174. The number of nitrogens with zero attached hydrogens (tertiary/aromatic N) is 3. The molecule has 0 saturated heterocycles. The fourth-order valence-corrected chi connectivity index (χ4v) is 3.23. The van der Waals surface area contributed by atoms with Crippen LogP contribution in [0.3, 0.4) is 0 Å². The number of rotatable bonds is 6. The van der Waals surface area contributed by atoms with Crippen LogP contribution in [0, 0.1) is 17.5 Å². The molecule has 0 bridgehead atoms. The van der Waals surface area contributed by atoms with E-state index in [1.807, 2.05) is 6.92 Å². The van der Waals surface area contributed by atoms with Crippen molar-refractivity contribution in [2.45, 2.75) is 19.0 Å². The highest BCUT2D eigenvalue weighted by Gasteiger charge is 2.32. The first kappa shape index (κ1) is 23.3. The maximum Gasteiger partial charge on any atom is 0.417 e. The Morgan fingerprint density at radius 1 is 0.912 bits per heavy atom. The van der Waals surface area contributed by atoms with E-state index >= 15 is 0 Å². The lowest BCUT2D eigenvalue weighted by atomic mass is 10.0. The summed E-state index contributed by atoms with van der Waals surface area (Å²) in [6.07, 6.45) is -3.08. The molecule has 0 saturated carbocycles. The highest BCUT2D eigenvalue weighted by molar-refractivity contribution is 5.89. The quantitative estimate of drug-likeness (QED) is 0.322. The normalized spacial score (nSPS) is 12.6. The van der Waals surface area contributed by atoms with Gasteiger partial charge in [-0.15, -0.1) is 0 Å². The van der Waals surface area contributed by atoms with Gasteiger partial charge in [-0.2, -0.15) is 13.2 Å². The summed E-state index contributed by atoms with van der Waals surface area (Å²) in [5.41, 5.74) is -0.519. The summed E-state index contributed by atoms with van der Waals surface area (Å²) in [5.74, 6) is -2.93. The molecule has 2 aromatic carbocycles. The number of pyridine rings is 1. The van der Waals surface area contributed by atoms with Crippen molar-refractivity contribution >= 4 is 16.7 Å². The molecule has 5 nitrogen and oxygen atoms in total. The lowest BCUT2D eigenvalue weighted by Gasteiger charge is -2.15. The molecular formula is C23H16F6N4O. The van der Waals surface area contributed by atoms with E-state index in [4.69, 9.17) is 4.74 Å². The second kappa shape index (κ2) is 9.16. The van der Waals surface area contributed by atoms with Crippen molar-refractivity contribution in [3.8, 4) is 11.6 Å². The monoisotopic (exact) mass is 478 g/mol. The number of halogens is 6. The second-order valence-electron chi connectivity index (χ2n) is 7.44. The summed E-state index contributed by atoms with van der Waals surface area (Å²) in [5, 5.41) is 2.94. The van der Waals surface area contributed by atoms with E-state index < -0.39 is 35.1 Å². The van der Waals surface area contributed by atoms with Crippen LogP contribution in [0.2, 0.25) is 0 Å². The highest BCUT2D eigenvalue weighted by atomic mass is 19.4. The first-order chi connectivity index (χ1) is 16.1. The zero-order valence-corrected chi connectivity index (χ0v) is 17.5. The molecule has 0 radical (unpaired) electrons. The van der Waals surface area contributed by atoms with Crippen molar-refractivity contribution in [1.29, 1.82) is 0 Å². The van der Waals surface area contributed by atoms with Crippen LogP contribution in [0.5, 0.6) is 11.6 Å². The predicted molar refractivity (Wildman–Crippen MR) is 112 cm³/mol. The molecule has 0 fully saturated rings. The fourth-order valence-electron chi connectivity index (χ4n) is 3.23. The molecule has 34 heavy (non-hydrogen) atoms. The number of benzene rings is 2. The van der Waals surface area contributed by atoms with Gasteiger partial charge < -0.3 is 10.1 Å². The highest BCUT2D eigenvalue weighted by Crippen LogP contribution is 2.32. The Labute approximate surface area is 189 Å². The molecule has 0 spiro atoms. The van der Waals surface area contributed by atoms with Gasteiger partial charge in [0, 0.05) is 12.7 Å². The van der Waals surface area contributed by atoms with Gasteiger partial charge in [0.25, 0.3) is 5.88 Å². The maximum atomic E-state index is 14.2. The molecule has 2 heterocycles. The van der Waals surface area contributed by atoms with Crippen LogP contribution in [0.15, 0.2) is 55.0 Å². The van der Waals surface area contributed by atoms with Gasteiger partial charge in [0.1, 0.15) is 35.0 Å². The lowest BCUT2D eigenvalue weighted by molar-refractivity contribution is -0.138. The zero-order chi connectivity index (χ0) is 24.5. The molecular weight excluding hydrogens is 462 g/mol. The van der Waals surface area contributed by atoms with Crippen molar-refractivity contribution in [3.05, 3.63) is 83.6 Å². The molecule has 0 aliphatic heterocycles. The van der Waals surface area contributed by atoms with Gasteiger partial charge in [-0.1, -0.05) is 19.1 Å². The minimum Gasteiger partial charge on any atom is -0.436 e. The van der Waals surface area contributed by atoms with Crippen LogP contribution in [0.25, 0.3) is 10.9 Å². The minimum atomic E-state index is -4.71. The largest absolute Gasteiger partial charge is 0.436 e. The van der Waals surface area contributed by atoms with E-state index in [2.05, 4.69) is 20.3 Å². The van der Waals surface area contributed by atoms with Crippen LogP contribution in [0.1, 0.15) is 24.0 Å². The van der Waals surface area contributed by atoms with E-state index in [0.29, 0.717) is 18.8 Å². The van der Waals surface area contributed by atoms with Gasteiger partial charge in [-0.25, -0.2) is 28.1 Å². The first-order valence-corrected chi connectivity index (χ1v) is 9.96. The molecule has 176 valence electrons. The Kier molecular flexibility index (Phi) is 6.27. The Morgan fingerprint density at radius 3 is 2.29 bits per heavy atom. The van der Waals surface area contributed by atoms with Crippen molar-refractivity contribution in [3.63, 3.8) is 0 Å². The Balaban J connectivity index is 1.44. The van der Waals surface area contributed by atoms with Crippen LogP contribution in [-0.4, -0.2) is 21.5 Å². The molecule has 1 unspecified atom stereocenters. The second-order valence-corrected chi connectivity index (χ2v) is 7.44. The molecule has 4 rings (SSSR count). The smallest absolute Gasteiger partial charge is 0.417 e. The van der Waals surface area contributed by atoms with Crippen molar-refractivity contribution < 1.29 is 31.1 Å². The summed E-state index contributed by atoms with van der Waals surface area (Å²) < 4.78 is 85.2. The maximum absolute atomic E-state index is 14.2. The third kappa shape index (κ3) is 4.87. The summed E-state index contributed by atoms with van der Waals surface area (Å²) in [6, 6.07) is 8.70. The van der Waals surface area contributed by atoms with Gasteiger partial charge in [-0.05, 0) is 41.8 Å². The molecule has 0 amide bonds. The Morgan fingerprint density at radius 2 is 1.62 bits per heavy atom. The number of nitrogens with one attached hydrogen (secondary N) is 1. The number of fused-ring (bicyclic) bond motifs is 1. The third-order valence-electron chi connectivity index (χ3n) is 5.06. The van der Waals surface area contributed by atoms with Crippen LogP contribution in [0.4, 0.5) is 32.2 Å². The van der Waals surface area contributed by atoms with Crippen LogP contribution in [-0.2, 0) is 6.18 Å². The van der Waals surface area contributed by atoms with Gasteiger partial charge in [0.15, 0.2) is 5.82 Å². The van der Waals surface area contributed by atoms with Gasteiger partial charge in [0.2, 0.25) is 0 Å². The van der Waals surface area contributed by atoms with Crippen molar-refractivity contribution in [1.82, 2.24) is 15.0 Å². The summed E-state index contributed by atoms with van der Waals surface area (Å²) in [4.78, 5) is 11.2. The van der Waals surface area contributed by atoms with E-state index in [0.717, 1.165) is 24.0 Å². The molecule has 4 aromatic rings. The van der Waals surface area contributed by atoms with E-state index in [9.17, 15) is 26.3 Å². The topological polar surface area (TPSA) is 59.9 Å². The zero-order valence-electron chi connectivity index (χ0n) is 17.5. The van der Waals surface area contributed by atoms with Gasteiger partial charge in [-0.3, -0.25) is 0 Å². The predicted octanol–water partition coefficient (Wildman–Crippen LogP) is 6.47. The number of alkyl halides is 3. The number of aromatic nitrogens is 3. The average Bonchev–Trinajstić information content (AvgIpc) is 2.81. The summed E-state index contributed by atoms with van der Waals surface area (Å²) in [6.45, 7) is 2.19. The SMILES string of the molecule is CC(CNc1ncnc2c(F)ccc(F)c12)c1ccc(Oc2ncc(C(F)(F)F)cc2F)cc1. The summed E-state index contributed by atoms with van der Waals surface area (Å²) in [7, 11) is 0. The lowest BCUT2D eigenvalue weighted by Crippen LogP contribution is -2.12. The van der Waals surface area contributed by atoms with E-state index in [-0.39, 0.29) is 28.4 Å². The number of ether oxygens (including phenoxy) is 1. The average molecular weight is 478 g/mol. The van der Waals surface area contributed by atoms with E-state index in [1.54, 1.807) is 12.1 Å². The molecule has 1 atom stereocenters. The molecule has 0 aliphatic carbocycles. The standard InChI is InChI=1S/C23H16F6N4O/c1-12(9-30-21-19-16(24)6-7-17(25)20(19)32-11-33-21)13-2-4-15(5-3-13)34-22-18(26)8-14(10-31-22)23(27,28)29/h2-8,10-12H,9H2,1H3,(H,30,32,33). The first-order valence-electron chi connectivity index (χ1n) is 9.96. The minimum absolute atomic E-state index is 0.0514. The molecule has 1 N–H and O–H groups in total. The van der Waals surface area contributed by atoms with Crippen molar-refractivity contribution in [2.75, 3.05) is 11.9 Å². The third-order valence-corrected chi connectivity index (χ3v) is 5.06. The number of hydrogen-bond donors (Lipinski definition) is 1. The van der Waals surface area contributed by atoms with Gasteiger partial charge in [0.05, 0.1) is 10.9 Å². The summed E-state index contributed by atoms with van der Waals surface area (Å²) >= 11 is 0. The van der Waals surface area contributed by atoms with Crippen LogP contribution >= 0.6 is 0 Å². The van der Waals surface area contributed by atoms with E-state index in [1.165, 1.54) is 12.1 Å². The Hall–Kier alpha value is -3.89. The number of hydrogen-bond acceptors (Lipinski definition) is 5. The van der Waals surface area contributed by atoms with Crippen molar-refractivity contribution in [2.24, 2.45) is 0 Å². The molecule has 0 aliphatic rings. The molecule has 2 aromatic heterocycles. The van der Waals surface area contributed by atoms with Gasteiger partial charge >= 0.3 is 6.18 Å². The van der Waals surface area contributed by atoms with Crippen LogP contribution < -0.4 is 10.1 Å². The number of anilines is 1.